The molecule has 0 heterocycles. The van der Waals surface area contributed by atoms with E-state index in [1.54, 1.807) is 10.4 Å². The molecule has 0 aliphatic heterocycles. The minimum absolute atomic E-state index is 0.137. The molecule has 1 fully saturated rings. The van der Waals surface area contributed by atoms with Crippen LogP contribution in [0.5, 0.6) is 0 Å². The van der Waals surface area contributed by atoms with Crippen molar-refractivity contribution in [1.82, 2.24) is 4.31 Å². The Labute approximate surface area is 140 Å². The molecule has 0 radical (unpaired) electrons. The summed E-state index contributed by atoms with van der Waals surface area (Å²) in [5.41, 5.74) is 1.57. The van der Waals surface area contributed by atoms with Crippen molar-refractivity contribution in [2.24, 2.45) is 0 Å². The number of rotatable bonds is 5. The number of hydrogen-bond acceptors (Lipinski definition) is 2. The summed E-state index contributed by atoms with van der Waals surface area (Å²) in [7, 11) is -3.48. The van der Waals surface area contributed by atoms with Gasteiger partial charge in [-0.1, -0.05) is 35.7 Å². The highest BCUT2D eigenvalue weighted by molar-refractivity contribution is 9.10. The normalized spacial score (nSPS) is 16.8. The van der Waals surface area contributed by atoms with E-state index in [1.807, 2.05) is 19.9 Å². The predicted molar refractivity (Wildman–Crippen MR) is 90.3 cm³/mol. The van der Waals surface area contributed by atoms with E-state index < -0.39 is 10.0 Å². The Morgan fingerprint density at radius 1 is 1.33 bits per heavy atom. The second-order valence-electron chi connectivity index (χ2n) is 5.48. The smallest absolute Gasteiger partial charge is 0.207 e. The zero-order chi connectivity index (χ0) is 15.6. The molecule has 6 heteroatoms. The first kappa shape index (κ1) is 17.3. The number of halogens is 2. The van der Waals surface area contributed by atoms with E-state index in [1.165, 1.54) is 0 Å². The monoisotopic (exact) mass is 393 g/mol. The van der Waals surface area contributed by atoms with Gasteiger partial charge in [0.2, 0.25) is 10.0 Å². The summed E-state index contributed by atoms with van der Waals surface area (Å²) in [5, 5.41) is 0. The Morgan fingerprint density at radius 2 is 1.95 bits per heavy atom. The molecule has 1 aromatic carbocycles. The maximum absolute atomic E-state index is 13.1. The fourth-order valence-electron chi connectivity index (χ4n) is 3.00. The average Bonchev–Trinajstić information content (AvgIpc) is 2.95. The van der Waals surface area contributed by atoms with Gasteiger partial charge in [-0.25, -0.2) is 8.42 Å². The highest BCUT2D eigenvalue weighted by Crippen LogP contribution is 2.32. The largest absolute Gasteiger partial charge is 0.243 e. The molecule has 1 aliphatic rings. The number of nitrogens with zero attached hydrogens (tertiary/aromatic N) is 1. The first-order valence-corrected chi connectivity index (χ1v) is 10.1. The van der Waals surface area contributed by atoms with Crippen molar-refractivity contribution in [1.29, 1.82) is 0 Å². The van der Waals surface area contributed by atoms with Gasteiger partial charge >= 0.3 is 0 Å². The molecule has 0 saturated heterocycles. The summed E-state index contributed by atoms with van der Waals surface area (Å²) in [6.07, 6.45) is 4.15. The van der Waals surface area contributed by atoms with Crippen LogP contribution in [0.3, 0.4) is 0 Å². The van der Waals surface area contributed by atoms with Gasteiger partial charge in [-0.15, -0.1) is 11.6 Å². The molecule has 0 bridgehead atoms. The van der Waals surface area contributed by atoms with Crippen LogP contribution >= 0.6 is 27.5 Å². The van der Waals surface area contributed by atoms with E-state index in [0.29, 0.717) is 17.3 Å². The topological polar surface area (TPSA) is 37.4 Å². The van der Waals surface area contributed by atoms with Gasteiger partial charge in [0.1, 0.15) is 0 Å². The van der Waals surface area contributed by atoms with Gasteiger partial charge in [0, 0.05) is 22.9 Å². The van der Waals surface area contributed by atoms with Gasteiger partial charge in [0.25, 0.3) is 0 Å². The summed E-state index contributed by atoms with van der Waals surface area (Å²) >= 11 is 9.33. The molecule has 0 aromatic heterocycles. The molecule has 3 nitrogen and oxygen atoms in total. The molecule has 118 valence electrons. The van der Waals surface area contributed by atoms with Crippen LogP contribution < -0.4 is 0 Å². The third-order valence-corrected chi connectivity index (χ3v) is 7.43. The second kappa shape index (κ2) is 6.99. The first-order valence-electron chi connectivity index (χ1n) is 7.28. The summed E-state index contributed by atoms with van der Waals surface area (Å²) in [4.78, 5) is 0.376. The van der Waals surface area contributed by atoms with Gasteiger partial charge in [0.15, 0.2) is 0 Å². The minimum atomic E-state index is -3.48. The van der Waals surface area contributed by atoms with Gasteiger partial charge in [-0.05, 0) is 43.0 Å². The number of sulfonamides is 1. The lowest BCUT2D eigenvalue weighted by Crippen LogP contribution is -2.38. The van der Waals surface area contributed by atoms with Crippen LogP contribution in [0, 0.1) is 6.92 Å². The summed E-state index contributed by atoms with van der Waals surface area (Å²) in [5.74, 6) is 0.303. The lowest BCUT2D eigenvalue weighted by Gasteiger charge is -2.27. The zero-order valence-corrected chi connectivity index (χ0v) is 15.6. The van der Waals surface area contributed by atoms with Gasteiger partial charge in [-0.2, -0.15) is 4.31 Å². The Morgan fingerprint density at radius 3 is 2.48 bits per heavy atom. The molecule has 0 N–H and O–H groups in total. The molecule has 0 amide bonds. The van der Waals surface area contributed by atoms with E-state index in [9.17, 15) is 8.42 Å². The molecule has 0 spiro atoms. The summed E-state index contributed by atoms with van der Waals surface area (Å²) in [6, 6.07) is 3.73. The highest BCUT2D eigenvalue weighted by atomic mass is 79.9. The Balaban J connectivity index is 2.49. The molecular weight excluding hydrogens is 374 g/mol. The quantitative estimate of drug-likeness (QED) is 0.692. The molecular formula is C15H21BrClNO2S. The molecule has 0 atom stereocenters. The lowest BCUT2D eigenvalue weighted by molar-refractivity contribution is 0.335. The SMILES string of the molecule is CCN(C1CCCC1)S(=O)(=O)c1cc(CCl)cc(Br)c1C. The van der Waals surface area contributed by atoms with Gasteiger partial charge < -0.3 is 0 Å². The van der Waals surface area contributed by atoms with E-state index in [2.05, 4.69) is 15.9 Å². The molecule has 1 aliphatic carbocycles. The van der Waals surface area contributed by atoms with Crippen LogP contribution in [0.4, 0.5) is 0 Å². The molecule has 0 unspecified atom stereocenters. The Kier molecular flexibility index (Phi) is 5.74. The highest BCUT2D eigenvalue weighted by Gasteiger charge is 2.33. The van der Waals surface area contributed by atoms with Gasteiger partial charge in [-0.3, -0.25) is 0 Å². The van der Waals surface area contributed by atoms with E-state index in [4.69, 9.17) is 11.6 Å². The maximum atomic E-state index is 13.1. The van der Waals surface area contributed by atoms with Crippen LogP contribution in [0.15, 0.2) is 21.5 Å². The van der Waals surface area contributed by atoms with E-state index in [-0.39, 0.29) is 6.04 Å². The minimum Gasteiger partial charge on any atom is -0.207 e. The summed E-state index contributed by atoms with van der Waals surface area (Å²) in [6.45, 7) is 4.25. The lowest BCUT2D eigenvalue weighted by atomic mass is 10.2. The predicted octanol–water partition coefficient (Wildman–Crippen LogP) is 4.45. The fraction of sp³-hybridized carbons (Fsp3) is 0.600. The molecule has 2 rings (SSSR count). The Hall–Kier alpha value is -0.100. The van der Waals surface area contributed by atoms with E-state index in [0.717, 1.165) is 41.3 Å². The molecule has 1 aromatic rings. The van der Waals surface area contributed by atoms with Crippen LogP contribution in [-0.4, -0.2) is 25.3 Å². The van der Waals surface area contributed by atoms with Crippen molar-refractivity contribution < 1.29 is 8.42 Å². The average molecular weight is 395 g/mol. The van der Waals surface area contributed by atoms with Crippen molar-refractivity contribution in [3.05, 3.63) is 27.7 Å². The third kappa shape index (κ3) is 3.46. The number of alkyl halides is 1. The fourth-order valence-corrected chi connectivity index (χ4v) is 5.78. The van der Waals surface area contributed by atoms with Crippen molar-refractivity contribution >= 4 is 37.6 Å². The molecule has 21 heavy (non-hydrogen) atoms. The zero-order valence-electron chi connectivity index (χ0n) is 12.4. The van der Waals surface area contributed by atoms with Crippen molar-refractivity contribution in [2.45, 2.75) is 56.3 Å². The third-order valence-electron chi connectivity index (χ3n) is 4.14. The first-order chi connectivity index (χ1) is 9.91. The van der Waals surface area contributed by atoms with Crippen LogP contribution in [0.2, 0.25) is 0 Å². The second-order valence-corrected chi connectivity index (χ2v) is 8.46. The van der Waals surface area contributed by atoms with Crippen LogP contribution in [0.25, 0.3) is 0 Å². The number of hydrogen-bond donors (Lipinski definition) is 0. The number of benzene rings is 1. The van der Waals surface area contributed by atoms with Gasteiger partial charge in [0.05, 0.1) is 4.90 Å². The summed E-state index contributed by atoms with van der Waals surface area (Å²) < 4.78 is 28.6. The van der Waals surface area contributed by atoms with Crippen molar-refractivity contribution in [2.75, 3.05) is 6.54 Å². The Bertz CT molecular complexity index is 612. The maximum Gasteiger partial charge on any atom is 0.243 e. The van der Waals surface area contributed by atoms with Crippen LogP contribution in [0.1, 0.15) is 43.7 Å². The standard InChI is InChI=1S/C15H21BrClNO2S/c1-3-18(13-6-4-5-7-13)21(19,20)15-9-12(10-17)8-14(16)11(15)2/h8-9,13H,3-7,10H2,1-2H3. The van der Waals surface area contributed by atoms with E-state index >= 15 is 0 Å². The molecule has 1 saturated carbocycles. The van der Waals surface area contributed by atoms with Crippen molar-refractivity contribution in [3.8, 4) is 0 Å². The van der Waals surface area contributed by atoms with Crippen molar-refractivity contribution in [3.63, 3.8) is 0 Å². The van der Waals surface area contributed by atoms with Crippen LogP contribution in [-0.2, 0) is 15.9 Å².